The van der Waals surface area contributed by atoms with Gasteiger partial charge in [-0.2, -0.15) is 19.2 Å². The number of aryl methyl sites for hydroxylation is 3. The van der Waals surface area contributed by atoms with E-state index in [1.54, 1.807) is 39.4 Å². The zero-order chi connectivity index (χ0) is 28.4. The summed E-state index contributed by atoms with van der Waals surface area (Å²) in [6.45, 7) is 5.77. The largest absolute Gasteiger partial charge is 0.457 e. The second kappa shape index (κ2) is 9.14. The number of rotatable bonds is 4. The summed E-state index contributed by atoms with van der Waals surface area (Å²) in [5, 5.41) is 12.1. The average Bonchev–Trinajstić information content (AvgIpc) is 3.62. The van der Waals surface area contributed by atoms with E-state index in [-0.39, 0.29) is 10.7 Å². The molecule has 1 saturated heterocycles. The number of hydrogen-bond acceptors (Lipinski definition) is 6. The molecule has 6 aromatic rings. The zero-order valence-corrected chi connectivity index (χ0v) is 23.1. The average molecular weight is 562 g/mol. The van der Waals surface area contributed by atoms with Crippen molar-refractivity contribution in [3.8, 4) is 11.5 Å². The smallest absolute Gasteiger partial charge is 0.270 e. The lowest BCUT2D eigenvalue weighted by molar-refractivity contribution is -0.122. The molecule has 11 heteroatoms. The van der Waals surface area contributed by atoms with Crippen molar-refractivity contribution >= 4 is 57.8 Å². The topological polar surface area (TPSA) is 97.6 Å². The van der Waals surface area contributed by atoms with Crippen molar-refractivity contribution in [1.82, 2.24) is 28.9 Å². The Balaban J connectivity index is 1.32. The molecule has 2 aromatic carbocycles. The molecule has 1 aliphatic heterocycles. The third kappa shape index (κ3) is 3.97. The first-order valence-electron chi connectivity index (χ1n) is 12.9. The van der Waals surface area contributed by atoms with E-state index in [9.17, 15) is 9.59 Å². The molecule has 41 heavy (non-hydrogen) atoms. The highest BCUT2D eigenvalue weighted by molar-refractivity contribution is 7.80. The van der Waals surface area contributed by atoms with E-state index in [1.807, 2.05) is 73.8 Å². The van der Waals surface area contributed by atoms with Crippen LogP contribution in [-0.4, -0.2) is 40.6 Å². The number of benzene rings is 2. The molecule has 7 rings (SSSR count). The van der Waals surface area contributed by atoms with Crippen LogP contribution in [0.1, 0.15) is 22.5 Å². The zero-order valence-electron chi connectivity index (χ0n) is 22.3. The number of hydrogen-bond donors (Lipinski definition) is 1. The predicted octanol–water partition coefficient (Wildman–Crippen LogP) is 4.78. The van der Waals surface area contributed by atoms with Gasteiger partial charge in [0.1, 0.15) is 28.4 Å². The molecule has 0 spiro atoms. The van der Waals surface area contributed by atoms with Crippen LogP contribution in [-0.2, 0) is 9.59 Å². The van der Waals surface area contributed by atoms with Crippen molar-refractivity contribution in [2.24, 2.45) is 0 Å². The summed E-state index contributed by atoms with van der Waals surface area (Å²) in [6, 6.07) is 20.3. The van der Waals surface area contributed by atoms with Crippen molar-refractivity contribution in [1.29, 1.82) is 0 Å². The van der Waals surface area contributed by atoms with Crippen LogP contribution in [0, 0.1) is 20.8 Å². The standard InChI is InChI=1S/C30H23N7O3S/c1-17-13-25-34(16-17)26-14-18(2)32-36(26)28-23(19(3)33-37(25)28)15-24-27(38)31-30(41)35(29(24)39)20-9-11-22(12-10-20)40-21-7-5-4-6-8-21/h4-16H,1-3H3,(H,31,38,41). The Morgan fingerprint density at radius 2 is 1.56 bits per heavy atom. The molecule has 4 aromatic heterocycles. The maximum atomic E-state index is 13.8. The molecule has 0 unspecified atom stereocenters. The van der Waals surface area contributed by atoms with Crippen LogP contribution >= 0.6 is 12.2 Å². The summed E-state index contributed by atoms with van der Waals surface area (Å²) in [5.41, 5.74) is 5.91. The van der Waals surface area contributed by atoms with E-state index in [0.29, 0.717) is 34.1 Å². The van der Waals surface area contributed by atoms with Gasteiger partial charge in [0.25, 0.3) is 11.8 Å². The Kier molecular flexibility index (Phi) is 5.51. The fraction of sp³-hybridized carbons (Fsp3) is 0.100. The summed E-state index contributed by atoms with van der Waals surface area (Å²) in [4.78, 5) is 28.2. The van der Waals surface area contributed by atoms with Gasteiger partial charge in [-0.1, -0.05) is 18.2 Å². The molecule has 1 N–H and O–H groups in total. The Labute approximate surface area is 239 Å². The fourth-order valence-corrected chi connectivity index (χ4v) is 5.41. The summed E-state index contributed by atoms with van der Waals surface area (Å²) >= 11 is 5.41. The van der Waals surface area contributed by atoms with E-state index in [1.165, 1.54) is 4.90 Å². The van der Waals surface area contributed by atoms with Gasteiger partial charge in [0.05, 0.1) is 17.1 Å². The molecule has 1 aliphatic rings. The summed E-state index contributed by atoms with van der Waals surface area (Å²) in [7, 11) is 0. The molecular formula is C30H23N7O3S. The quantitative estimate of drug-likeness (QED) is 0.189. The van der Waals surface area contributed by atoms with Gasteiger partial charge in [0.2, 0.25) is 0 Å². The summed E-state index contributed by atoms with van der Waals surface area (Å²) in [6.07, 6.45) is 3.59. The number of amides is 2. The van der Waals surface area contributed by atoms with Gasteiger partial charge in [-0.15, -0.1) is 0 Å². The van der Waals surface area contributed by atoms with Crippen molar-refractivity contribution in [3.63, 3.8) is 0 Å². The van der Waals surface area contributed by atoms with Gasteiger partial charge < -0.3 is 4.74 Å². The first-order chi connectivity index (χ1) is 19.8. The molecule has 202 valence electrons. The van der Waals surface area contributed by atoms with Crippen molar-refractivity contribution < 1.29 is 14.3 Å². The second-order valence-corrected chi connectivity index (χ2v) is 10.3. The number of nitrogens with one attached hydrogen (secondary N) is 1. The summed E-state index contributed by atoms with van der Waals surface area (Å²) in [5.74, 6) is 0.177. The minimum absolute atomic E-state index is 0.000856. The number of carbonyl (C=O) groups is 2. The third-order valence-corrected chi connectivity index (χ3v) is 7.24. The van der Waals surface area contributed by atoms with Crippen molar-refractivity contribution in [2.75, 3.05) is 4.90 Å². The number of carbonyl (C=O) groups excluding carboxylic acids is 2. The van der Waals surface area contributed by atoms with Gasteiger partial charge in [-0.25, -0.2) is 0 Å². The molecule has 0 saturated carbocycles. The normalized spacial score (nSPS) is 15.0. The van der Waals surface area contributed by atoms with Crippen LogP contribution in [0.25, 0.3) is 23.0 Å². The third-order valence-electron chi connectivity index (χ3n) is 6.96. The lowest BCUT2D eigenvalue weighted by Crippen LogP contribution is -2.54. The maximum Gasteiger partial charge on any atom is 0.270 e. The molecule has 0 atom stereocenters. The molecule has 1 fully saturated rings. The highest BCUT2D eigenvalue weighted by Crippen LogP contribution is 2.29. The van der Waals surface area contributed by atoms with Gasteiger partial charge >= 0.3 is 0 Å². The minimum atomic E-state index is -0.577. The van der Waals surface area contributed by atoms with Gasteiger partial charge in [0, 0.05) is 17.8 Å². The Hall–Kier alpha value is -5.29. The van der Waals surface area contributed by atoms with Gasteiger partial charge in [-0.05, 0) is 87.1 Å². The van der Waals surface area contributed by atoms with E-state index >= 15 is 0 Å². The Bertz CT molecular complexity index is 2060. The number of para-hydroxylation sites is 1. The van der Waals surface area contributed by atoms with E-state index in [0.717, 1.165) is 22.6 Å². The van der Waals surface area contributed by atoms with Crippen LogP contribution in [0.3, 0.4) is 0 Å². The number of aromatic nitrogens is 5. The van der Waals surface area contributed by atoms with Crippen molar-refractivity contribution in [2.45, 2.75) is 20.8 Å². The van der Waals surface area contributed by atoms with E-state index < -0.39 is 11.8 Å². The minimum Gasteiger partial charge on any atom is -0.457 e. The molecular weight excluding hydrogens is 538 g/mol. The van der Waals surface area contributed by atoms with Gasteiger partial charge in [-0.3, -0.25) is 24.2 Å². The lowest BCUT2D eigenvalue weighted by atomic mass is 10.1. The molecule has 0 radical (unpaired) electrons. The number of nitrogens with zero attached hydrogens (tertiary/aromatic N) is 6. The van der Waals surface area contributed by atoms with Crippen molar-refractivity contribution in [3.05, 3.63) is 101 Å². The number of anilines is 1. The first kappa shape index (κ1) is 24.7. The van der Waals surface area contributed by atoms with E-state index in [2.05, 4.69) is 5.32 Å². The SMILES string of the molecule is Cc1cc2n(c1)c1cc(C)nn1c1c(C=C3C(=O)NC(=S)N(c4ccc(Oc5ccccc5)cc4)C3=O)c(C)nn21. The molecule has 5 heterocycles. The Morgan fingerprint density at radius 3 is 2.32 bits per heavy atom. The van der Waals surface area contributed by atoms with Crippen LogP contribution < -0.4 is 15.0 Å². The lowest BCUT2D eigenvalue weighted by Gasteiger charge is -2.29. The first-order valence-corrected chi connectivity index (χ1v) is 13.3. The fourth-order valence-electron chi connectivity index (χ4n) is 5.12. The highest BCUT2D eigenvalue weighted by atomic mass is 32.1. The highest BCUT2D eigenvalue weighted by Gasteiger charge is 2.35. The molecule has 10 nitrogen and oxygen atoms in total. The monoisotopic (exact) mass is 561 g/mol. The number of thiocarbonyl (C=S) groups is 1. The Morgan fingerprint density at radius 1 is 0.878 bits per heavy atom. The van der Waals surface area contributed by atoms with Gasteiger partial charge in [0.15, 0.2) is 10.8 Å². The second-order valence-electron chi connectivity index (χ2n) is 9.90. The summed E-state index contributed by atoms with van der Waals surface area (Å²) < 4.78 is 11.5. The molecule has 2 amide bonds. The maximum absolute atomic E-state index is 13.8. The number of ether oxygens (including phenoxy) is 1. The van der Waals surface area contributed by atoms with Crippen LogP contribution in [0.4, 0.5) is 5.69 Å². The van der Waals surface area contributed by atoms with E-state index in [4.69, 9.17) is 27.2 Å². The molecule has 0 bridgehead atoms. The predicted molar refractivity (Wildman–Crippen MR) is 158 cm³/mol. The number of fused-ring (bicyclic) bond motifs is 6. The van der Waals surface area contributed by atoms with Crippen LogP contribution in [0.2, 0.25) is 0 Å². The van der Waals surface area contributed by atoms with Crippen LogP contribution in [0.5, 0.6) is 11.5 Å². The van der Waals surface area contributed by atoms with Crippen LogP contribution in [0.15, 0.2) is 78.5 Å². The molecule has 0 aliphatic carbocycles.